The molecule has 0 aliphatic heterocycles. The Labute approximate surface area is 163 Å². The van der Waals surface area contributed by atoms with Crippen molar-refractivity contribution in [1.82, 2.24) is 5.32 Å². The van der Waals surface area contributed by atoms with Gasteiger partial charge in [-0.15, -0.1) is 0 Å². The topological polar surface area (TPSA) is 68.5 Å². The number of benzene rings is 2. The molecular weight excluding hydrogens is 354 g/mol. The predicted octanol–water partition coefficient (Wildman–Crippen LogP) is 3.88. The lowest BCUT2D eigenvalue weighted by Gasteiger charge is -2.12. The number of hydrogen-bond donors (Lipinski definition) is 1. The van der Waals surface area contributed by atoms with E-state index in [0.717, 1.165) is 29.4 Å². The lowest BCUT2D eigenvalue weighted by molar-refractivity contribution is -0.148. The van der Waals surface area contributed by atoms with Crippen molar-refractivity contribution in [3.05, 3.63) is 71.0 Å². The summed E-state index contributed by atoms with van der Waals surface area (Å²) >= 11 is 0. The summed E-state index contributed by atoms with van der Waals surface area (Å²) in [5.41, 5.74) is 4.40. The van der Waals surface area contributed by atoms with Crippen molar-refractivity contribution in [2.45, 2.75) is 38.6 Å². The van der Waals surface area contributed by atoms with Gasteiger partial charge in [-0.25, -0.2) is 0 Å². The lowest BCUT2D eigenvalue weighted by Crippen LogP contribution is -2.31. The van der Waals surface area contributed by atoms with Crippen molar-refractivity contribution < 1.29 is 18.7 Å². The molecule has 1 aromatic heterocycles. The van der Waals surface area contributed by atoms with Crippen molar-refractivity contribution >= 4 is 22.8 Å². The Kier molecular flexibility index (Phi) is 5.15. The van der Waals surface area contributed by atoms with Gasteiger partial charge in [-0.2, -0.15) is 0 Å². The maximum atomic E-state index is 12.1. The van der Waals surface area contributed by atoms with Gasteiger partial charge < -0.3 is 14.5 Å². The van der Waals surface area contributed by atoms with E-state index in [1.54, 1.807) is 0 Å². The molecule has 0 saturated heterocycles. The van der Waals surface area contributed by atoms with Crippen LogP contribution in [0.2, 0.25) is 0 Å². The maximum Gasteiger partial charge on any atom is 0.310 e. The first-order chi connectivity index (χ1) is 13.6. The molecule has 0 saturated carbocycles. The summed E-state index contributed by atoms with van der Waals surface area (Å²) in [5, 5.41) is 3.79. The SMILES string of the molecule is C[C@H](NC(=O)COC(=O)Cc1ccc2c(c1)CCC2)c1cc2ccccc2o1. The minimum Gasteiger partial charge on any atom is -0.459 e. The highest BCUT2D eigenvalue weighted by atomic mass is 16.5. The number of ether oxygens (including phenoxy) is 1. The molecule has 2 aromatic carbocycles. The van der Waals surface area contributed by atoms with Crippen LogP contribution in [0, 0.1) is 0 Å². The van der Waals surface area contributed by atoms with E-state index in [9.17, 15) is 9.59 Å². The summed E-state index contributed by atoms with van der Waals surface area (Å²) < 4.78 is 10.9. The van der Waals surface area contributed by atoms with E-state index in [1.807, 2.05) is 43.3 Å². The third kappa shape index (κ3) is 4.09. The molecule has 144 valence electrons. The second-order valence-electron chi connectivity index (χ2n) is 7.27. The molecule has 1 aliphatic rings. The van der Waals surface area contributed by atoms with Gasteiger partial charge in [0.25, 0.3) is 5.91 Å². The Morgan fingerprint density at radius 2 is 1.93 bits per heavy atom. The van der Waals surface area contributed by atoms with Gasteiger partial charge in [-0.1, -0.05) is 36.4 Å². The highest BCUT2D eigenvalue weighted by Crippen LogP contribution is 2.24. The zero-order chi connectivity index (χ0) is 19.5. The summed E-state index contributed by atoms with van der Waals surface area (Å²) in [4.78, 5) is 24.2. The molecular formula is C23H23NO4. The standard InChI is InChI=1S/C23H23NO4/c1-15(21-13-19-5-2-3-8-20(19)28-21)24-22(25)14-27-23(26)12-16-9-10-17-6-4-7-18(17)11-16/h2-3,5,8-11,13,15H,4,6-7,12,14H2,1H3,(H,24,25)/t15-/m0/s1. The van der Waals surface area contributed by atoms with Gasteiger partial charge in [-0.05, 0) is 55.0 Å². The van der Waals surface area contributed by atoms with Gasteiger partial charge in [0, 0.05) is 5.39 Å². The quantitative estimate of drug-likeness (QED) is 0.662. The van der Waals surface area contributed by atoms with Gasteiger partial charge in [-0.3, -0.25) is 9.59 Å². The molecule has 0 bridgehead atoms. The van der Waals surface area contributed by atoms with Gasteiger partial charge in [0.2, 0.25) is 0 Å². The molecule has 0 spiro atoms. The number of carbonyl (C=O) groups is 2. The number of aryl methyl sites for hydroxylation is 2. The summed E-state index contributed by atoms with van der Waals surface area (Å²) in [5.74, 6) is -0.0845. The van der Waals surface area contributed by atoms with Crippen LogP contribution in [0.4, 0.5) is 0 Å². The number of esters is 1. The van der Waals surface area contributed by atoms with Crippen LogP contribution >= 0.6 is 0 Å². The van der Waals surface area contributed by atoms with Crippen LogP contribution in [0.5, 0.6) is 0 Å². The van der Waals surface area contributed by atoms with Crippen LogP contribution in [0.1, 0.15) is 41.8 Å². The minimum atomic E-state index is -0.399. The van der Waals surface area contributed by atoms with Gasteiger partial charge >= 0.3 is 5.97 Å². The fraction of sp³-hybridized carbons (Fsp3) is 0.304. The summed E-state index contributed by atoms with van der Waals surface area (Å²) in [6.45, 7) is 1.54. The Balaban J connectivity index is 1.27. The Hall–Kier alpha value is -3.08. The molecule has 3 aromatic rings. The Morgan fingerprint density at radius 3 is 2.79 bits per heavy atom. The molecule has 1 heterocycles. The molecule has 1 N–H and O–H groups in total. The van der Waals surface area contributed by atoms with Crippen LogP contribution in [-0.4, -0.2) is 18.5 Å². The molecule has 5 heteroatoms. The van der Waals surface area contributed by atoms with Crippen molar-refractivity contribution in [2.75, 3.05) is 6.61 Å². The maximum absolute atomic E-state index is 12.1. The minimum absolute atomic E-state index is 0.180. The number of furan rings is 1. The third-order valence-electron chi connectivity index (χ3n) is 5.12. The van der Waals surface area contributed by atoms with E-state index in [-0.39, 0.29) is 25.0 Å². The van der Waals surface area contributed by atoms with Gasteiger partial charge in [0.05, 0.1) is 12.5 Å². The Bertz CT molecular complexity index is 987. The normalized spacial score (nSPS) is 13.9. The first-order valence-electron chi connectivity index (χ1n) is 9.62. The number of rotatable bonds is 6. The van der Waals surface area contributed by atoms with Crippen LogP contribution in [-0.2, 0) is 33.6 Å². The molecule has 1 amide bonds. The second-order valence-corrected chi connectivity index (χ2v) is 7.27. The highest BCUT2D eigenvalue weighted by molar-refractivity contribution is 5.82. The third-order valence-corrected chi connectivity index (χ3v) is 5.12. The van der Waals surface area contributed by atoms with E-state index in [0.29, 0.717) is 5.76 Å². The molecule has 1 atom stereocenters. The summed E-state index contributed by atoms with van der Waals surface area (Å²) in [7, 11) is 0. The number of hydrogen-bond acceptors (Lipinski definition) is 4. The van der Waals surface area contributed by atoms with Crippen molar-refractivity contribution in [3.63, 3.8) is 0 Å². The van der Waals surface area contributed by atoms with Crippen LogP contribution < -0.4 is 5.32 Å². The van der Waals surface area contributed by atoms with Crippen LogP contribution in [0.25, 0.3) is 11.0 Å². The largest absolute Gasteiger partial charge is 0.459 e. The zero-order valence-electron chi connectivity index (χ0n) is 15.9. The predicted molar refractivity (Wildman–Crippen MR) is 106 cm³/mol. The fourth-order valence-electron chi connectivity index (χ4n) is 3.67. The van der Waals surface area contributed by atoms with Gasteiger partial charge in [0.15, 0.2) is 6.61 Å². The van der Waals surface area contributed by atoms with Crippen molar-refractivity contribution in [2.24, 2.45) is 0 Å². The fourth-order valence-corrected chi connectivity index (χ4v) is 3.67. The molecule has 28 heavy (non-hydrogen) atoms. The zero-order valence-corrected chi connectivity index (χ0v) is 15.9. The molecule has 0 unspecified atom stereocenters. The average Bonchev–Trinajstić information content (AvgIpc) is 3.32. The summed E-state index contributed by atoms with van der Waals surface area (Å²) in [6, 6.07) is 15.4. The average molecular weight is 377 g/mol. The second kappa shape index (κ2) is 7.89. The first kappa shape index (κ1) is 18.3. The first-order valence-corrected chi connectivity index (χ1v) is 9.62. The monoisotopic (exact) mass is 377 g/mol. The summed E-state index contributed by atoms with van der Waals surface area (Å²) in [6.07, 6.45) is 3.54. The number of nitrogens with one attached hydrogen (secondary N) is 1. The van der Waals surface area contributed by atoms with E-state index in [4.69, 9.17) is 9.15 Å². The van der Waals surface area contributed by atoms with Gasteiger partial charge in [0.1, 0.15) is 11.3 Å². The highest BCUT2D eigenvalue weighted by Gasteiger charge is 2.16. The number of amides is 1. The molecule has 0 radical (unpaired) electrons. The number of para-hydroxylation sites is 1. The van der Waals surface area contributed by atoms with E-state index in [2.05, 4.69) is 17.4 Å². The van der Waals surface area contributed by atoms with E-state index >= 15 is 0 Å². The molecule has 5 nitrogen and oxygen atoms in total. The molecule has 0 fully saturated rings. The molecule has 1 aliphatic carbocycles. The van der Waals surface area contributed by atoms with E-state index in [1.165, 1.54) is 17.5 Å². The number of fused-ring (bicyclic) bond motifs is 2. The smallest absolute Gasteiger partial charge is 0.310 e. The van der Waals surface area contributed by atoms with E-state index < -0.39 is 5.97 Å². The van der Waals surface area contributed by atoms with Crippen molar-refractivity contribution in [1.29, 1.82) is 0 Å². The van der Waals surface area contributed by atoms with Crippen molar-refractivity contribution in [3.8, 4) is 0 Å². The van der Waals surface area contributed by atoms with Crippen LogP contribution in [0.15, 0.2) is 52.9 Å². The lowest BCUT2D eigenvalue weighted by atomic mass is 10.0. The number of carbonyl (C=O) groups excluding carboxylic acids is 2. The Morgan fingerprint density at radius 1 is 1.11 bits per heavy atom. The molecule has 4 rings (SSSR count). The van der Waals surface area contributed by atoms with Crippen LogP contribution in [0.3, 0.4) is 0 Å².